The summed E-state index contributed by atoms with van der Waals surface area (Å²) in [6.45, 7) is 0.727. The fraction of sp³-hybridized carbons (Fsp3) is 0.556. The van der Waals surface area contributed by atoms with Crippen LogP contribution >= 0.6 is 0 Å². The number of carbonyl (C=O) groups excluding carboxylic acids is 1. The molecule has 0 unspecified atom stereocenters. The Morgan fingerprint density at radius 1 is 1.57 bits per heavy atom. The van der Waals surface area contributed by atoms with E-state index >= 15 is 0 Å². The highest BCUT2D eigenvalue weighted by Gasteiger charge is 2.40. The highest BCUT2D eigenvalue weighted by Crippen LogP contribution is 2.31. The van der Waals surface area contributed by atoms with Crippen molar-refractivity contribution in [3.8, 4) is 0 Å². The first-order valence-corrected chi connectivity index (χ1v) is 4.71. The first kappa shape index (κ1) is 9.05. The molecule has 5 nitrogen and oxygen atoms in total. The van der Waals surface area contributed by atoms with Crippen LogP contribution in [0.15, 0.2) is 11.3 Å². The highest BCUT2D eigenvalue weighted by molar-refractivity contribution is 6.21. The minimum Gasteiger partial charge on any atom is -0.509 e. The first-order chi connectivity index (χ1) is 6.63. The van der Waals surface area contributed by atoms with Crippen molar-refractivity contribution in [2.24, 2.45) is 5.73 Å². The van der Waals surface area contributed by atoms with Crippen LogP contribution in [0.5, 0.6) is 0 Å². The van der Waals surface area contributed by atoms with Crippen LogP contribution in [0.4, 0.5) is 0 Å². The highest BCUT2D eigenvalue weighted by atomic mass is 16.3. The molecule has 2 aliphatic rings. The molecular weight excluding hydrogens is 182 g/mol. The molecule has 1 saturated heterocycles. The molecule has 2 rings (SSSR count). The molecule has 0 radical (unpaired) electrons. The minimum atomic E-state index is -0.707. The maximum Gasteiger partial charge on any atom is 0.255 e. The number of nitrogens with two attached hydrogens (primary N) is 1. The number of carbonyl (C=O) groups is 1. The molecule has 0 aliphatic carbocycles. The van der Waals surface area contributed by atoms with Crippen molar-refractivity contribution in [1.82, 2.24) is 4.90 Å². The summed E-state index contributed by atoms with van der Waals surface area (Å²) in [7, 11) is 0. The molecule has 14 heavy (non-hydrogen) atoms. The lowest BCUT2D eigenvalue weighted by Crippen LogP contribution is -2.39. The van der Waals surface area contributed by atoms with Gasteiger partial charge in [0.2, 0.25) is 0 Å². The van der Waals surface area contributed by atoms with Crippen molar-refractivity contribution in [2.45, 2.75) is 25.3 Å². The molecule has 0 bridgehead atoms. The quantitative estimate of drug-likeness (QED) is 0.555. The summed E-state index contributed by atoms with van der Waals surface area (Å²) in [5, 5.41) is 17.4. The molecule has 76 valence electrons. The Morgan fingerprint density at radius 3 is 2.86 bits per heavy atom. The number of amides is 1. The third-order valence-corrected chi connectivity index (χ3v) is 2.84. The number of aliphatic hydroxyl groups is 1. The lowest BCUT2D eigenvalue weighted by molar-refractivity contribution is -0.114. The Labute approximate surface area is 81.7 Å². The molecule has 1 fully saturated rings. The van der Waals surface area contributed by atoms with Crippen molar-refractivity contribution in [3.05, 3.63) is 11.3 Å². The molecule has 0 spiro atoms. The van der Waals surface area contributed by atoms with Crippen LogP contribution in [-0.4, -0.2) is 34.3 Å². The van der Waals surface area contributed by atoms with Gasteiger partial charge in [-0.05, 0) is 19.3 Å². The maximum atomic E-state index is 11.0. The Kier molecular flexibility index (Phi) is 1.94. The molecule has 1 amide bonds. The number of piperidine rings is 1. The largest absolute Gasteiger partial charge is 0.509 e. The molecule has 0 aromatic carbocycles. The van der Waals surface area contributed by atoms with Crippen LogP contribution in [0.25, 0.3) is 0 Å². The van der Waals surface area contributed by atoms with Crippen LogP contribution in [0, 0.1) is 5.41 Å². The summed E-state index contributed by atoms with van der Waals surface area (Å²) in [5.74, 6) is -0.635. The van der Waals surface area contributed by atoms with Gasteiger partial charge in [0.25, 0.3) is 5.91 Å². The Balaban J connectivity index is 2.36. The van der Waals surface area contributed by atoms with E-state index in [4.69, 9.17) is 11.1 Å². The summed E-state index contributed by atoms with van der Waals surface area (Å²) in [6, 6.07) is -0.182. The number of rotatable bonds is 1. The third kappa shape index (κ3) is 1.08. The summed E-state index contributed by atoms with van der Waals surface area (Å²) >= 11 is 0. The molecular formula is C9H13N3O2. The van der Waals surface area contributed by atoms with E-state index in [1.165, 1.54) is 0 Å². The SMILES string of the molecule is N=C1C(C(N)=O)=C(O)[C@@H]2CCCCN12. The van der Waals surface area contributed by atoms with Crippen LogP contribution < -0.4 is 5.73 Å². The van der Waals surface area contributed by atoms with Gasteiger partial charge in [-0.25, -0.2) is 0 Å². The number of nitrogens with zero attached hydrogens (tertiary/aromatic N) is 1. The normalized spacial score (nSPS) is 26.7. The van der Waals surface area contributed by atoms with Crippen LogP contribution in [0.3, 0.4) is 0 Å². The van der Waals surface area contributed by atoms with Gasteiger partial charge in [0, 0.05) is 6.54 Å². The van der Waals surface area contributed by atoms with Gasteiger partial charge < -0.3 is 15.7 Å². The second-order valence-electron chi connectivity index (χ2n) is 3.68. The maximum absolute atomic E-state index is 11.0. The number of aliphatic hydroxyl groups excluding tert-OH is 1. The van der Waals surface area contributed by atoms with Crippen molar-refractivity contribution >= 4 is 11.7 Å². The number of hydrogen-bond acceptors (Lipinski definition) is 3. The van der Waals surface area contributed by atoms with Gasteiger partial charge in [-0.1, -0.05) is 0 Å². The number of fused-ring (bicyclic) bond motifs is 1. The molecule has 1 atom stereocenters. The van der Waals surface area contributed by atoms with E-state index in [0.29, 0.717) is 0 Å². The smallest absolute Gasteiger partial charge is 0.255 e. The van der Waals surface area contributed by atoms with E-state index in [1.54, 1.807) is 4.90 Å². The Morgan fingerprint density at radius 2 is 2.29 bits per heavy atom. The third-order valence-electron chi connectivity index (χ3n) is 2.84. The second kappa shape index (κ2) is 3.01. The van der Waals surface area contributed by atoms with Gasteiger partial charge in [-0.15, -0.1) is 0 Å². The van der Waals surface area contributed by atoms with Gasteiger partial charge in [0.15, 0.2) is 0 Å². The van der Waals surface area contributed by atoms with Gasteiger partial charge in [0.1, 0.15) is 17.2 Å². The van der Waals surface area contributed by atoms with Crippen molar-refractivity contribution in [1.29, 1.82) is 5.41 Å². The fourth-order valence-corrected chi connectivity index (χ4v) is 2.16. The summed E-state index contributed by atoms with van der Waals surface area (Å²) in [4.78, 5) is 12.8. The molecule has 5 heteroatoms. The van der Waals surface area contributed by atoms with E-state index < -0.39 is 5.91 Å². The number of amidine groups is 1. The van der Waals surface area contributed by atoms with Crippen LogP contribution in [-0.2, 0) is 4.79 Å². The average Bonchev–Trinajstić information content (AvgIpc) is 2.41. The molecule has 2 aliphatic heterocycles. The summed E-state index contributed by atoms with van der Waals surface area (Å²) in [5.41, 5.74) is 5.11. The predicted molar refractivity (Wildman–Crippen MR) is 50.9 cm³/mol. The summed E-state index contributed by atoms with van der Waals surface area (Å²) in [6.07, 6.45) is 2.81. The van der Waals surface area contributed by atoms with E-state index in [0.717, 1.165) is 25.8 Å². The zero-order valence-electron chi connectivity index (χ0n) is 7.79. The molecule has 2 heterocycles. The molecule has 0 aromatic rings. The van der Waals surface area contributed by atoms with Crippen molar-refractivity contribution in [2.75, 3.05) is 6.54 Å². The van der Waals surface area contributed by atoms with Crippen LogP contribution in [0.1, 0.15) is 19.3 Å². The molecule has 0 aromatic heterocycles. The van der Waals surface area contributed by atoms with E-state index in [-0.39, 0.29) is 23.2 Å². The van der Waals surface area contributed by atoms with Gasteiger partial charge >= 0.3 is 0 Å². The number of hydrogen-bond donors (Lipinski definition) is 3. The first-order valence-electron chi connectivity index (χ1n) is 4.71. The lowest BCUT2D eigenvalue weighted by Gasteiger charge is -2.31. The Hall–Kier alpha value is -1.52. The molecule has 0 saturated carbocycles. The van der Waals surface area contributed by atoms with Crippen LogP contribution in [0.2, 0.25) is 0 Å². The lowest BCUT2D eigenvalue weighted by atomic mass is 10.0. The fourth-order valence-electron chi connectivity index (χ4n) is 2.16. The van der Waals surface area contributed by atoms with Gasteiger partial charge in [-0.2, -0.15) is 0 Å². The zero-order chi connectivity index (χ0) is 10.3. The predicted octanol–water partition coefficient (Wildman–Crippen LogP) is 0.129. The monoisotopic (exact) mass is 195 g/mol. The second-order valence-corrected chi connectivity index (χ2v) is 3.68. The average molecular weight is 195 g/mol. The van der Waals surface area contributed by atoms with Gasteiger partial charge in [-0.3, -0.25) is 10.2 Å². The van der Waals surface area contributed by atoms with Crippen molar-refractivity contribution in [3.63, 3.8) is 0 Å². The van der Waals surface area contributed by atoms with Gasteiger partial charge in [0.05, 0.1) is 6.04 Å². The number of primary amides is 1. The van der Waals surface area contributed by atoms with E-state index in [1.807, 2.05) is 0 Å². The zero-order valence-corrected chi connectivity index (χ0v) is 7.79. The Bertz CT molecular complexity index is 335. The topological polar surface area (TPSA) is 90.4 Å². The van der Waals surface area contributed by atoms with Crippen molar-refractivity contribution < 1.29 is 9.90 Å². The minimum absolute atomic E-state index is 0.00287. The van der Waals surface area contributed by atoms with E-state index in [9.17, 15) is 9.90 Å². The standard InChI is InChI=1S/C9H13N3O2/c10-8-6(9(11)14)7(13)5-3-1-2-4-12(5)8/h5,10,13H,1-4H2,(H2,11,14)/t5-/m0/s1. The molecule has 4 N–H and O–H groups in total. The summed E-state index contributed by atoms with van der Waals surface area (Å²) < 4.78 is 0. The van der Waals surface area contributed by atoms with E-state index in [2.05, 4.69) is 0 Å². The number of nitrogens with one attached hydrogen (secondary N) is 1.